The highest BCUT2D eigenvalue weighted by atomic mass is 79.9. The van der Waals surface area contributed by atoms with Crippen molar-refractivity contribution >= 4 is 44.0 Å². The highest BCUT2D eigenvalue weighted by Gasteiger charge is 1.93. The third-order valence-corrected chi connectivity index (χ3v) is 3.91. The second-order valence-electron chi connectivity index (χ2n) is 3.78. The van der Waals surface area contributed by atoms with Crippen molar-refractivity contribution in [3.8, 4) is 0 Å². The first kappa shape index (κ1) is 14.1. The van der Waals surface area contributed by atoms with Gasteiger partial charge in [-0.1, -0.05) is 68.3 Å². The molecule has 0 saturated carbocycles. The monoisotopic (exact) mass is 378 g/mol. The van der Waals surface area contributed by atoms with Crippen molar-refractivity contribution in [1.82, 2.24) is 0 Å². The lowest BCUT2D eigenvalue weighted by Gasteiger charge is -1.98. The van der Waals surface area contributed by atoms with Crippen LogP contribution in [0.25, 0.3) is 12.2 Å². The zero-order chi connectivity index (χ0) is 13.5. The van der Waals surface area contributed by atoms with Crippen LogP contribution in [0.4, 0.5) is 0 Å². The summed E-state index contributed by atoms with van der Waals surface area (Å²) in [6, 6.07) is 16.0. The Labute approximate surface area is 129 Å². The lowest BCUT2D eigenvalue weighted by atomic mass is 10.2. The summed E-state index contributed by atoms with van der Waals surface area (Å²) in [6.07, 6.45) is 7.14. The van der Waals surface area contributed by atoms with Gasteiger partial charge < -0.3 is 4.74 Å². The van der Waals surface area contributed by atoms with Crippen LogP contribution in [-0.2, 0) is 4.74 Å². The zero-order valence-corrected chi connectivity index (χ0v) is 13.3. The van der Waals surface area contributed by atoms with E-state index in [1.807, 2.05) is 60.7 Å². The van der Waals surface area contributed by atoms with Crippen LogP contribution in [0.2, 0.25) is 0 Å². The van der Waals surface area contributed by atoms with Gasteiger partial charge in [0.05, 0.1) is 12.5 Å². The smallest absolute Gasteiger partial charge is 0.0907 e. The molecule has 2 aromatic rings. The van der Waals surface area contributed by atoms with Gasteiger partial charge in [-0.2, -0.15) is 0 Å². The zero-order valence-electron chi connectivity index (χ0n) is 10.1. The molecular weight excluding hydrogens is 368 g/mol. The lowest BCUT2D eigenvalue weighted by molar-refractivity contribution is 0.410. The lowest BCUT2D eigenvalue weighted by Crippen LogP contribution is -1.75. The summed E-state index contributed by atoms with van der Waals surface area (Å²) in [5.74, 6) is 0. The molecule has 0 unspecified atom stereocenters. The SMILES string of the molecule is Brc1ccccc1C=COC=Cc1ccccc1Br. The van der Waals surface area contributed by atoms with Crippen molar-refractivity contribution in [3.05, 3.63) is 81.1 Å². The predicted molar refractivity (Wildman–Crippen MR) is 87.4 cm³/mol. The quantitative estimate of drug-likeness (QED) is 0.603. The standard InChI is InChI=1S/C16H12Br2O/c17-15-7-3-1-5-13(15)9-11-19-12-10-14-6-2-4-8-16(14)18/h1-12H. The van der Waals surface area contributed by atoms with Gasteiger partial charge in [0.1, 0.15) is 0 Å². The van der Waals surface area contributed by atoms with E-state index < -0.39 is 0 Å². The molecule has 0 aliphatic rings. The molecule has 96 valence electrons. The fourth-order valence-electron chi connectivity index (χ4n) is 1.49. The number of ether oxygens (including phenoxy) is 1. The minimum atomic E-state index is 1.05. The Balaban J connectivity index is 1.94. The van der Waals surface area contributed by atoms with E-state index in [0.717, 1.165) is 20.1 Å². The Kier molecular flexibility index (Phi) is 5.43. The average molecular weight is 380 g/mol. The van der Waals surface area contributed by atoms with Crippen LogP contribution in [0.15, 0.2) is 70.0 Å². The van der Waals surface area contributed by atoms with Gasteiger partial charge in [0.15, 0.2) is 0 Å². The maximum Gasteiger partial charge on any atom is 0.0907 e. The van der Waals surface area contributed by atoms with Gasteiger partial charge in [0.2, 0.25) is 0 Å². The second-order valence-corrected chi connectivity index (χ2v) is 5.49. The molecule has 0 heterocycles. The Morgan fingerprint density at radius 1 is 0.684 bits per heavy atom. The van der Waals surface area contributed by atoms with Crippen molar-refractivity contribution in [2.45, 2.75) is 0 Å². The van der Waals surface area contributed by atoms with Gasteiger partial charge >= 0.3 is 0 Å². The fourth-order valence-corrected chi connectivity index (χ4v) is 2.32. The summed E-state index contributed by atoms with van der Waals surface area (Å²) < 4.78 is 7.44. The molecule has 0 aliphatic carbocycles. The Hall–Kier alpha value is -1.32. The normalized spacial score (nSPS) is 11.3. The average Bonchev–Trinajstić information content (AvgIpc) is 2.42. The summed E-state index contributed by atoms with van der Waals surface area (Å²) in [5.41, 5.74) is 2.16. The molecule has 0 aliphatic heterocycles. The first-order valence-electron chi connectivity index (χ1n) is 5.75. The first-order chi connectivity index (χ1) is 9.27. The van der Waals surface area contributed by atoms with E-state index in [9.17, 15) is 0 Å². The second kappa shape index (κ2) is 7.31. The van der Waals surface area contributed by atoms with Crippen LogP contribution in [-0.4, -0.2) is 0 Å². The number of hydrogen-bond acceptors (Lipinski definition) is 1. The molecule has 0 bridgehead atoms. The van der Waals surface area contributed by atoms with E-state index in [0.29, 0.717) is 0 Å². The predicted octanol–water partition coefficient (Wildman–Crippen LogP) is 5.87. The van der Waals surface area contributed by atoms with Crippen molar-refractivity contribution in [2.75, 3.05) is 0 Å². The minimum Gasteiger partial charge on any atom is -0.473 e. The van der Waals surface area contributed by atoms with Crippen LogP contribution in [0, 0.1) is 0 Å². The molecule has 0 spiro atoms. The highest BCUT2D eigenvalue weighted by Crippen LogP contribution is 2.18. The highest BCUT2D eigenvalue weighted by molar-refractivity contribution is 9.10. The van der Waals surface area contributed by atoms with E-state index >= 15 is 0 Å². The molecular formula is C16H12Br2O. The van der Waals surface area contributed by atoms with Crippen LogP contribution in [0.3, 0.4) is 0 Å². The van der Waals surface area contributed by atoms with E-state index in [2.05, 4.69) is 31.9 Å². The van der Waals surface area contributed by atoms with E-state index in [-0.39, 0.29) is 0 Å². The maximum atomic E-state index is 5.35. The Morgan fingerprint density at radius 2 is 1.11 bits per heavy atom. The molecule has 0 aromatic heterocycles. The Morgan fingerprint density at radius 3 is 1.53 bits per heavy atom. The van der Waals surface area contributed by atoms with Crippen LogP contribution in [0.5, 0.6) is 0 Å². The van der Waals surface area contributed by atoms with Crippen LogP contribution in [0.1, 0.15) is 11.1 Å². The Bertz CT molecular complexity index is 550. The summed E-state index contributed by atoms with van der Waals surface area (Å²) in [5, 5.41) is 0. The van der Waals surface area contributed by atoms with Crippen molar-refractivity contribution in [3.63, 3.8) is 0 Å². The molecule has 0 fully saturated rings. The summed E-state index contributed by atoms with van der Waals surface area (Å²) in [4.78, 5) is 0. The molecule has 0 radical (unpaired) electrons. The van der Waals surface area contributed by atoms with E-state index in [4.69, 9.17) is 4.74 Å². The minimum absolute atomic E-state index is 1.05. The topological polar surface area (TPSA) is 9.23 Å². The third-order valence-electron chi connectivity index (χ3n) is 2.46. The first-order valence-corrected chi connectivity index (χ1v) is 7.33. The van der Waals surface area contributed by atoms with Crippen LogP contribution >= 0.6 is 31.9 Å². The molecule has 0 N–H and O–H groups in total. The molecule has 0 saturated heterocycles. The molecule has 2 aromatic carbocycles. The molecule has 19 heavy (non-hydrogen) atoms. The summed E-state index contributed by atoms with van der Waals surface area (Å²) >= 11 is 6.96. The molecule has 0 amide bonds. The third kappa shape index (κ3) is 4.37. The summed E-state index contributed by atoms with van der Waals surface area (Å²) in [7, 11) is 0. The van der Waals surface area contributed by atoms with Gasteiger partial charge in [-0.05, 0) is 35.4 Å². The van der Waals surface area contributed by atoms with Gasteiger partial charge in [0, 0.05) is 8.95 Å². The number of rotatable bonds is 4. The van der Waals surface area contributed by atoms with Crippen molar-refractivity contribution in [2.24, 2.45) is 0 Å². The van der Waals surface area contributed by atoms with Gasteiger partial charge in [-0.15, -0.1) is 0 Å². The van der Waals surface area contributed by atoms with Gasteiger partial charge in [0.25, 0.3) is 0 Å². The van der Waals surface area contributed by atoms with Crippen LogP contribution < -0.4 is 0 Å². The van der Waals surface area contributed by atoms with Crippen molar-refractivity contribution < 1.29 is 4.74 Å². The van der Waals surface area contributed by atoms with Gasteiger partial charge in [-0.25, -0.2) is 0 Å². The molecule has 2 rings (SSSR count). The largest absolute Gasteiger partial charge is 0.473 e. The van der Waals surface area contributed by atoms with E-state index in [1.165, 1.54) is 0 Å². The summed E-state index contributed by atoms with van der Waals surface area (Å²) in [6.45, 7) is 0. The number of hydrogen-bond donors (Lipinski definition) is 0. The molecule has 0 atom stereocenters. The number of benzene rings is 2. The maximum absolute atomic E-state index is 5.35. The number of halogens is 2. The fraction of sp³-hybridized carbons (Fsp3) is 0. The molecule has 1 nitrogen and oxygen atoms in total. The molecule has 3 heteroatoms. The van der Waals surface area contributed by atoms with Gasteiger partial charge in [-0.3, -0.25) is 0 Å². The van der Waals surface area contributed by atoms with E-state index in [1.54, 1.807) is 12.5 Å². The van der Waals surface area contributed by atoms with Crippen molar-refractivity contribution in [1.29, 1.82) is 0 Å².